The van der Waals surface area contributed by atoms with Gasteiger partial charge in [-0.3, -0.25) is 4.79 Å². The van der Waals surface area contributed by atoms with Gasteiger partial charge in [-0.15, -0.1) is 0 Å². The van der Waals surface area contributed by atoms with Gasteiger partial charge in [-0.2, -0.15) is 0 Å². The Morgan fingerprint density at radius 2 is 2.09 bits per heavy atom. The van der Waals surface area contributed by atoms with E-state index >= 15 is 0 Å². The maximum atomic E-state index is 13.3. The Labute approximate surface area is 136 Å². The van der Waals surface area contributed by atoms with Gasteiger partial charge >= 0.3 is 0 Å². The largest absolute Gasteiger partial charge is 0.333 e. The summed E-state index contributed by atoms with van der Waals surface area (Å²) in [7, 11) is 0. The number of carbonyl (C=O) groups is 1. The van der Waals surface area contributed by atoms with Crippen LogP contribution in [0.2, 0.25) is 0 Å². The summed E-state index contributed by atoms with van der Waals surface area (Å²) in [5, 5.41) is 0. The second kappa shape index (κ2) is 4.82. The van der Waals surface area contributed by atoms with Crippen LogP contribution in [0.4, 0.5) is 0 Å². The van der Waals surface area contributed by atoms with Gasteiger partial charge in [0.05, 0.1) is 1.37 Å². The van der Waals surface area contributed by atoms with Gasteiger partial charge < -0.3 is 9.80 Å². The van der Waals surface area contributed by atoms with E-state index in [1.807, 2.05) is 12.1 Å². The highest BCUT2D eigenvalue weighted by Crippen LogP contribution is 2.41. The van der Waals surface area contributed by atoms with Gasteiger partial charge in [-0.1, -0.05) is 12.1 Å². The first-order chi connectivity index (χ1) is 11.9. The lowest BCUT2D eigenvalue weighted by molar-refractivity contribution is 0.00258. The van der Waals surface area contributed by atoms with Gasteiger partial charge in [0.1, 0.15) is 0 Å². The van der Waals surface area contributed by atoms with Crippen molar-refractivity contribution < 1.29 is 8.91 Å². The van der Waals surface area contributed by atoms with Crippen LogP contribution in [-0.2, 0) is 6.42 Å². The lowest BCUT2D eigenvalue weighted by Gasteiger charge is -2.51. The maximum absolute atomic E-state index is 13.3. The maximum Gasteiger partial charge on any atom is 0.254 e. The molecular weight excluding hydrogens is 272 g/mol. The highest BCUT2D eigenvalue weighted by atomic mass is 16.2. The van der Waals surface area contributed by atoms with Crippen molar-refractivity contribution in [3.63, 3.8) is 0 Å². The first kappa shape index (κ1) is 10.4. The quantitative estimate of drug-likeness (QED) is 0.796. The normalized spacial score (nSPS) is 44.0. The molecule has 2 atom stereocenters. The zero-order valence-corrected chi connectivity index (χ0v) is 12.8. The van der Waals surface area contributed by atoms with Crippen LogP contribution in [-0.4, -0.2) is 47.9 Å². The van der Waals surface area contributed by atoms with Crippen LogP contribution < -0.4 is 0 Å². The molecule has 22 heavy (non-hydrogen) atoms. The van der Waals surface area contributed by atoms with Crippen LogP contribution in [0.3, 0.4) is 0 Å². The van der Waals surface area contributed by atoms with E-state index in [9.17, 15) is 6.17 Å². The minimum Gasteiger partial charge on any atom is -0.333 e. The number of rotatable bonds is 1. The summed E-state index contributed by atoms with van der Waals surface area (Å²) in [4.78, 5) is 16.7. The number of hydrogen-bond donors (Lipinski definition) is 0. The van der Waals surface area contributed by atoms with Crippen LogP contribution >= 0.6 is 0 Å². The number of hydrogen-bond acceptors (Lipinski definition) is 2. The summed E-state index contributed by atoms with van der Waals surface area (Å²) in [5.41, 5.74) is 3.17. The number of carbonyl (C=O) groups excluding carboxylic acids is 1. The van der Waals surface area contributed by atoms with E-state index in [4.69, 9.17) is 2.74 Å². The van der Waals surface area contributed by atoms with E-state index in [0.717, 1.165) is 32.1 Å². The molecule has 4 aliphatic heterocycles. The molecule has 1 amide bonds. The number of nitrogens with zero attached hydrogens (tertiary/aromatic N) is 2. The molecule has 1 aliphatic carbocycles. The van der Waals surface area contributed by atoms with E-state index in [2.05, 4.69) is 6.07 Å². The monoisotopic (exact) mass is 299 g/mol. The highest BCUT2D eigenvalue weighted by molar-refractivity contribution is 5.97. The van der Waals surface area contributed by atoms with Gasteiger partial charge in [0.15, 0.2) is 0 Å². The molecule has 1 aromatic carbocycles. The average molecular weight is 299 g/mol. The molecule has 4 heterocycles. The molecule has 0 aromatic heterocycles. The average Bonchev–Trinajstić information content (AvgIpc) is 2.63. The molecule has 0 radical (unpaired) electrons. The minimum absolute atomic E-state index is 0.0789. The summed E-state index contributed by atoms with van der Waals surface area (Å²) < 4.78 is 26.5. The van der Waals surface area contributed by atoms with Gasteiger partial charge in [0.2, 0.25) is 0 Å². The molecule has 3 saturated heterocycles. The van der Waals surface area contributed by atoms with Gasteiger partial charge in [0.25, 0.3) is 5.91 Å². The van der Waals surface area contributed by atoms with Crippen molar-refractivity contribution in [2.75, 3.05) is 26.1 Å². The number of amides is 1. The highest BCUT2D eigenvalue weighted by Gasteiger charge is 2.43. The van der Waals surface area contributed by atoms with Gasteiger partial charge in [-0.25, -0.2) is 0 Å². The molecule has 0 unspecified atom stereocenters. The fourth-order valence-electron chi connectivity index (χ4n) is 4.82. The van der Waals surface area contributed by atoms with E-state index < -0.39 is 12.5 Å². The molecule has 3 fully saturated rings. The topological polar surface area (TPSA) is 23.6 Å². The van der Waals surface area contributed by atoms with Crippen molar-refractivity contribution in [1.82, 2.24) is 9.80 Å². The predicted molar refractivity (Wildman–Crippen MR) is 86.1 cm³/mol. The molecule has 116 valence electrons. The van der Waals surface area contributed by atoms with Crippen LogP contribution in [0.25, 0.3) is 0 Å². The van der Waals surface area contributed by atoms with Crippen molar-refractivity contribution in [1.29, 1.82) is 0 Å². The second-order valence-electron chi connectivity index (χ2n) is 7.14. The van der Waals surface area contributed by atoms with Crippen molar-refractivity contribution in [3.05, 3.63) is 34.9 Å². The van der Waals surface area contributed by atoms with E-state index in [1.165, 1.54) is 11.1 Å². The van der Waals surface area contributed by atoms with E-state index in [0.29, 0.717) is 25.2 Å². The fourth-order valence-corrected chi connectivity index (χ4v) is 4.82. The van der Waals surface area contributed by atoms with Crippen LogP contribution in [0.1, 0.15) is 57.2 Å². The smallest absolute Gasteiger partial charge is 0.254 e. The van der Waals surface area contributed by atoms with Gasteiger partial charge in [-0.05, 0) is 68.3 Å². The second-order valence-corrected chi connectivity index (χ2v) is 7.14. The SMILES string of the molecule is [2H]C1([2H])N2CCC(CC2)[C@]1([2H])N1C[C@H]2CCCc3cccc(c32)C1=O. The molecule has 3 nitrogen and oxygen atoms in total. The summed E-state index contributed by atoms with van der Waals surface area (Å²) in [5.74, 6) is 0.0403. The molecule has 2 bridgehead atoms. The third kappa shape index (κ3) is 1.81. The number of piperidine rings is 3. The fraction of sp³-hybridized carbons (Fsp3) is 0.632. The van der Waals surface area contributed by atoms with Crippen LogP contribution in [0.5, 0.6) is 0 Å². The number of fused-ring (bicyclic) bond motifs is 3. The Hall–Kier alpha value is -1.35. The Morgan fingerprint density at radius 1 is 1.23 bits per heavy atom. The van der Waals surface area contributed by atoms with E-state index in [1.54, 1.807) is 9.80 Å². The number of benzene rings is 1. The Kier molecular flexibility index (Phi) is 2.29. The first-order valence-corrected chi connectivity index (χ1v) is 8.63. The Morgan fingerprint density at radius 3 is 2.91 bits per heavy atom. The third-order valence-corrected chi connectivity index (χ3v) is 5.93. The predicted octanol–water partition coefficient (Wildman–Crippen LogP) is 2.66. The van der Waals surface area contributed by atoms with Gasteiger partial charge in [0, 0.05) is 33.3 Å². The molecule has 5 aliphatic rings. The third-order valence-electron chi connectivity index (χ3n) is 5.93. The Bertz CT molecular complexity index is 744. The van der Waals surface area contributed by atoms with Crippen molar-refractivity contribution >= 4 is 5.91 Å². The Balaban J connectivity index is 1.63. The summed E-state index contributed by atoms with van der Waals surface area (Å²) in [6.07, 6.45) is 4.78. The molecule has 1 aromatic rings. The lowest BCUT2D eigenvalue weighted by atomic mass is 9.75. The molecule has 6 rings (SSSR count). The molecule has 0 saturated carbocycles. The number of aryl methyl sites for hydroxylation is 1. The van der Waals surface area contributed by atoms with Crippen LogP contribution in [0.15, 0.2) is 18.2 Å². The molecule has 3 heteroatoms. The van der Waals surface area contributed by atoms with Crippen molar-refractivity contribution in [2.24, 2.45) is 5.92 Å². The lowest BCUT2D eigenvalue weighted by Crippen LogP contribution is -2.60. The summed E-state index contributed by atoms with van der Waals surface area (Å²) >= 11 is 0. The zero-order valence-electron chi connectivity index (χ0n) is 15.8. The summed E-state index contributed by atoms with van der Waals surface area (Å²) in [6, 6.07) is 4.47. The molecule has 0 N–H and O–H groups in total. The minimum atomic E-state index is -1.78. The molecule has 0 spiro atoms. The van der Waals surface area contributed by atoms with Crippen molar-refractivity contribution in [3.8, 4) is 0 Å². The van der Waals surface area contributed by atoms with Crippen molar-refractivity contribution in [2.45, 2.75) is 44.0 Å². The standard InChI is InChI=1S/C19H24N2O/c22-19-16-6-2-4-14-3-1-5-15(18(14)16)11-21(19)17-12-20-9-7-13(17)8-10-20/h2,4,6,13,15,17H,1,3,5,7-12H2/t15-,17-/m1/s1/i12D2,17D. The zero-order chi connectivity index (χ0) is 17.4. The summed E-state index contributed by atoms with van der Waals surface area (Å²) in [6.45, 7) is 0.110. The van der Waals surface area contributed by atoms with E-state index in [-0.39, 0.29) is 17.7 Å². The molecular formula is C19H24N2O. The first-order valence-electron chi connectivity index (χ1n) is 10.1. The van der Waals surface area contributed by atoms with Crippen LogP contribution in [0, 0.1) is 5.92 Å².